The van der Waals surface area contributed by atoms with E-state index in [1.54, 1.807) is 24.3 Å². The van der Waals surface area contributed by atoms with Crippen molar-refractivity contribution in [3.8, 4) is 5.75 Å². The van der Waals surface area contributed by atoms with Gasteiger partial charge in [-0.25, -0.2) is 4.79 Å². The fourth-order valence-corrected chi connectivity index (χ4v) is 4.86. The fraction of sp³-hybridized carbons (Fsp3) is 0.588. The molecule has 0 amide bonds. The standard InChI is InChI=1S/C17H28O6Si/c1-5-21-24(22-6-2,23-7-3)14-8-13-20-16-11-9-15(10-12-16)17(18)19-4/h9-12H,5-8,13-14H2,1-4H3. The highest BCUT2D eigenvalue weighted by molar-refractivity contribution is 6.60. The van der Waals surface area contributed by atoms with Crippen LogP contribution in [0.15, 0.2) is 24.3 Å². The first-order valence-corrected chi connectivity index (χ1v) is 10.3. The van der Waals surface area contributed by atoms with Crippen LogP contribution in [0, 0.1) is 0 Å². The maximum atomic E-state index is 11.4. The van der Waals surface area contributed by atoms with E-state index in [0.29, 0.717) is 43.8 Å². The second-order valence-corrected chi connectivity index (χ2v) is 7.68. The van der Waals surface area contributed by atoms with E-state index in [1.807, 2.05) is 20.8 Å². The van der Waals surface area contributed by atoms with Crippen LogP contribution in [0.3, 0.4) is 0 Å². The molecule has 0 aliphatic carbocycles. The van der Waals surface area contributed by atoms with Gasteiger partial charge in [0.25, 0.3) is 0 Å². The van der Waals surface area contributed by atoms with E-state index in [1.165, 1.54) is 7.11 Å². The zero-order chi connectivity index (χ0) is 17.8. The molecule has 0 unspecified atom stereocenters. The van der Waals surface area contributed by atoms with Crippen LogP contribution in [-0.2, 0) is 18.0 Å². The van der Waals surface area contributed by atoms with Crippen LogP contribution in [0.25, 0.3) is 0 Å². The van der Waals surface area contributed by atoms with Gasteiger partial charge >= 0.3 is 14.8 Å². The van der Waals surface area contributed by atoms with Crippen LogP contribution in [0.4, 0.5) is 0 Å². The molecule has 0 radical (unpaired) electrons. The summed E-state index contributed by atoms with van der Waals surface area (Å²) in [4.78, 5) is 11.4. The third-order valence-corrected chi connectivity index (χ3v) is 6.42. The van der Waals surface area contributed by atoms with Crippen LogP contribution < -0.4 is 4.74 Å². The van der Waals surface area contributed by atoms with Gasteiger partial charge in [-0.2, -0.15) is 0 Å². The van der Waals surface area contributed by atoms with E-state index < -0.39 is 8.80 Å². The van der Waals surface area contributed by atoms with Crippen LogP contribution in [0.5, 0.6) is 5.75 Å². The van der Waals surface area contributed by atoms with Crippen LogP contribution in [0.2, 0.25) is 6.04 Å². The number of methoxy groups -OCH3 is 1. The first kappa shape index (κ1) is 20.6. The molecule has 6 nitrogen and oxygen atoms in total. The SMILES string of the molecule is CCO[Si](CCCOc1ccc(C(=O)OC)cc1)(OCC)OCC. The summed E-state index contributed by atoms with van der Waals surface area (Å²) >= 11 is 0. The molecule has 1 aromatic carbocycles. The van der Waals surface area contributed by atoms with Gasteiger partial charge in [0.2, 0.25) is 0 Å². The monoisotopic (exact) mass is 356 g/mol. The molecule has 0 saturated carbocycles. The predicted octanol–water partition coefficient (Wildman–Crippen LogP) is 3.29. The lowest BCUT2D eigenvalue weighted by Gasteiger charge is -2.28. The van der Waals surface area contributed by atoms with Crippen molar-refractivity contribution in [3.63, 3.8) is 0 Å². The number of hydrogen-bond acceptors (Lipinski definition) is 6. The number of carbonyl (C=O) groups excluding carboxylic acids is 1. The van der Waals surface area contributed by atoms with E-state index in [4.69, 9.17) is 18.0 Å². The lowest BCUT2D eigenvalue weighted by atomic mass is 10.2. The lowest BCUT2D eigenvalue weighted by Crippen LogP contribution is -2.46. The Morgan fingerprint density at radius 2 is 1.50 bits per heavy atom. The molecule has 1 rings (SSSR count). The topological polar surface area (TPSA) is 63.2 Å². The number of benzene rings is 1. The minimum atomic E-state index is -2.60. The van der Waals surface area contributed by atoms with E-state index in [0.717, 1.165) is 6.42 Å². The fourth-order valence-electron chi connectivity index (χ4n) is 2.29. The molecule has 0 aromatic heterocycles. The van der Waals surface area contributed by atoms with Gasteiger partial charge in [-0.05, 0) is 51.5 Å². The second-order valence-electron chi connectivity index (χ2n) is 4.95. The van der Waals surface area contributed by atoms with Gasteiger partial charge in [0.05, 0.1) is 19.3 Å². The largest absolute Gasteiger partial charge is 0.501 e. The van der Waals surface area contributed by atoms with Crippen molar-refractivity contribution in [2.45, 2.75) is 33.2 Å². The number of rotatable bonds is 12. The average molecular weight is 356 g/mol. The molecule has 0 aliphatic rings. The quantitative estimate of drug-likeness (QED) is 0.325. The number of esters is 1. The summed E-state index contributed by atoms with van der Waals surface area (Å²) in [6.45, 7) is 8.07. The summed E-state index contributed by atoms with van der Waals surface area (Å²) in [7, 11) is -1.24. The first-order valence-electron chi connectivity index (χ1n) is 8.33. The van der Waals surface area contributed by atoms with Crippen molar-refractivity contribution in [3.05, 3.63) is 29.8 Å². The zero-order valence-electron chi connectivity index (χ0n) is 15.0. The summed E-state index contributed by atoms with van der Waals surface area (Å²) in [6, 6.07) is 7.58. The Hall–Kier alpha value is -1.41. The second kappa shape index (κ2) is 11.2. The molecule has 0 fully saturated rings. The molecule has 1 aromatic rings. The van der Waals surface area contributed by atoms with Crippen LogP contribution in [-0.4, -0.2) is 48.3 Å². The van der Waals surface area contributed by atoms with Gasteiger partial charge in [0.1, 0.15) is 5.75 Å². The highest BCUT2D eigenvalue weighted by Crippen LogP contribution is 2.19. The van der Waals surface area contributed by atoms with Gasteiger partial charge in [0.15, 0.2) is 0 Å². The van der Waals surface area contributed by atoms with Crippen molar-refractivity contribution >= 4 is 14.8 Å². The third-order valence-electron chi connectivity index (χ3n) is 3.26. The maximum Gasteiger partial charge on any atom is 0.501 e. The van der Waals surface area contributed by atoms with E-state index in [9.17, 15) is 4.79 Å². The minimum Gasteiger partial charge on any atom is -0.494 e. The summed E-state index contributed by atoms with van der Waals surface area (Å²) in [5.41, 5.74) is 0.500. The summed E-state index contributed by atoms with van der Waals surface area (Å²) in [6.07, 6.45) is 0.769. The molecule has 0 atom stereocenters. The molecular weight excluding hydrogens is 328 g/mol. The predicted molar refractivity (Wildman–Crippen MR) is 93.3 cm³/mol. The maximum absolute atomic E-state index is 11.4. The van der Waals surface area contributed by atoms with Crippen molar-refractivity contribution in [2.24, 2.45) is 0 Å². The van der Waals surface area contributed by atoms with Gasteiger partial charge in [-0.15, -0.1) is 0 Å². The smallest absolute Gasteiger partial charge is 0.494 e. The number of ether oxygens (including phenoxy) is 2. The Morgan fingerprint density at radius 1 is 0.958 bits per heavy atom. The molecular formula is C17H28O6Si. The molecule has 7 heteroatoms. The molecule has 0 bridgehead atoms. The number of carbonyl (C=O) groups is 1. The molecule has 136 valence electrons. The van der Waals surface area contributed by atoms with Gasteiger partial charge < -0.3 is 22.8 Å². The first-order chi connectivity index (χ1) is 11.6. The van der Waals surface area contributed by atoms with Crippen molar-refractivity contribution < 1.29 is 27.5 Å². The molecule has 0 spiro atoms. The molecule has 24 heavy (non-hydrogen) atoms. The highest BCUT2D eigenvalue weighted by Gasteiger charge is 2.39. The normalized spacial score (nSPS) is 11.3. The lowest BCUT2D eigenvalue weighted by molar-refractivity contribution is 0.0599. The highest BCUT2D eigenvalue weighted by atomic mass is 28.4. The van der Waals surface area contributed by atoms with E-state index in [2.05, 4.69) is 4.74 Å². The summed E-state index contributed by atoms with van der Waals surface area (Å²) in [5, 5.41) is 0. The van der Waals surface area contributed by atoms with Gasteiger partial charge in [0, 0.05) is 25.9 Å². The van der Waals surface area contributed by atoms with E-state index in [-0.39, 0.29) is 5.97 Å². The molecule has 0 heterocycles. The van der Waals surface area contributed by atoms with Gasteiger partial charge in [-0.3, -0.25) is 0 Å². The van der Waals surface area contributed by atoms with E-state index >= 15 is 0 Å². The minimum absolute atomic E-state index is 0.359. The van der Waals surface area contributed by atoms with Crippen LogP contribution >= 0.6 is 0 Å². The van der Waals surface area contributed by atoms with Gasteiger partial charge in [-0.1, -0.05) is 0 Å². The van der Waals surface area contributed by atoms with Crippen molar-refractivity contribution in [2.75, 3.05) is 33.5 Å². The Labute approximate surface area is 145 Å². The molecule has 0 aliphatic heterocycles. The Balaban J connectivity index is 2.48. The van der Waals surface area contributed by atoms with Crippen molar-refractivity contribution in [1.82, 2.24) is 0 Å². The molecule has 0 N–H and O–H groups in total. The summed E-state index contributed by atoms with van der Waals surface area (Å²) < 4.78 is 27.8. The third kappa shape index (κ3) is 6.60. The Morgan fingerprint density at radius 3 is 1.96 bits per heavy atom. The Bertz CT molecular complexity index is 459. The molecule has 0 saturated heterocycles. The summed E-state index contributed by atoms with van der Waals surface area (Å²) in [5.74, 6) is 0.349. The van der Waals surface area contributed by atoms with Crippen LogP contribution in [0.1, 0.15) is 37.6 Å². The number of hydrogen-bond donors (Lipinski definition) is 0. The van der Waals surface area contributed by atoms with Crippen molar-refractivity contribution in [1.29, 1.82) is 0 Å². The average Bonchev–Trinajstić information content (AvgIpc) is 2.59. The Kier molecular flexibility index (Phi) is 9.62. The zero-order valence-corrected chi connectivity index (χ0v) is 16.0.